The van der Waals surface area contributed by atoms with Gasteiger partial charge in [-0.05, 0) is 124 Å². The number of amides is 3. The number of aliphatic hydroxyl groups excluding tert-OH is 1. The largest absolute Gasteiger partial charge is 0.449 e. The maximum Gasteiger partial charge on any atom is 0.419 e. The average Bonchev–Trinajstić information content (AvgIpc) is 4.16. The number of anilines is 3. The molecular formula is C49H50N6O11. The van der Waals surface area contributed by atoms with Crippen molar-refractivity contribution in [2.75, 3.05) is 60.8 Å². The minimum Gasteiger partial charge on any atom is -0.449 e. The zero-order valence-corrected chi connectivity index (χ0v) is 37.3. The van der Waals surface area contributed by atoms with Crippen molar-refractivity contribution in [3.63, 3.8) is 0 Å². The molecule has 0 fully saturated rings. The van der Waals surface area contributed by atoms with Crippen LogP contribution in [0, 0.1) is 0 Å². The summed E-state index contributed by atoms with van der Waals surface area (Å²) in [4.78, 5) is 101. The van der Waals surface area contributed by atoms with Crippen LogP contribution in [0.3, 0.4) is 0 Å². The molecule has 0 bridgehead atoms. The molecule has 342 valence electrons. The molecule has 17 nitrogen and oxygen atoms in total. The van der Waals surface area contributed by atoms with E-state index in [0.29, 0.717) is 89.2 Å². The third-order valence-electron chi connectivity index (χ3n) is 12.8. The fourth-order valence-corrected chi connectivity index (χ4v) is 9.95. The van der Waals surface area contributed by atoms with Crippen LogP contribution in [0.25, 0.3) is 32.7 Å². The Morgan fingerprint density at radius 1 is 0.515 bits per heavy atom. The fraction of sp³-hybridized carbons (Fsp3) is 0.367. The lowest BCUT2D eigenvalue weighted by Crippen LogP contribution is -2.32. The average molecular weight is 899 g/mol. The maximum absolute atomic E-state index is 14.8. The van der Waals surface area contributed by atoms with E-state index in [-0.39, 0.29) is 68.3 Å². The molecule has 1 N–H and O–H groups in total. The normalized spacial score (nSPS) is 14.0. The van der Waals surface area contributed by atoms with Crippen LogP contribution in [0.4, 0.5) is 31.4 Å². The number of unbranched alkanes of at least 4 members (excludes halogenated alkanes) is 2. The van der Waals surface area contributed by atoms with E-state index in [0.717, 1.165) is 28.8 Å². The molecule has 17 heteroatoms. The second kappa shape index (κ2) is 17.6. The van der Waals surface area contributed by atoms with Gasteiger partial charge in [-0.15, -0.1) is 0 Å². The Balaban J connectivity index is 1.08. The molecule has 0 atom stereocenters. The van der Waals surface area contributed by atoms with Gasteiger partial charge < -0.3 is 34.0 Å². The summed E-state index contributed by atoms with van der Waals surface area (Å²) < 4.78 is 20.0. The number of Topliss-reactive ketones (excluding diaryl/α,β-unsaturated/α-hetero) is 1. The van der Waals surface area contributed by atoms with Crippen molar-refractivity contribution >= 4 is 91.6 Å². The molecule has 0 saturated heterocycles. The Hall–Kier alpha value is -7.27. The summed E-state index contributed by atoms with van der Waals surface area (Å²) in [5.74, 6) is -1.26. The van der Waals surface area contributed by atoms with Gasteiger partial charge >= 0.3 is 18.3 Å². The van der Waals surface area contributed by atoms with Crippen LogP contribution in [-0.4, -0.2) is 107 Å². The highest BCUT2D eigenvalue weighted by molar-refractivity contribution is 6.17. The van der Waals surface area contributed by atoms with Crippen LogP contribution in [-0.2, 0) is 38.3 Å². The van der Waals surface area contributed by atoms with E-state index in [2.05, 4.69) is 0 Å². The van der Waals surface area contributed by atoms with Crippen LogP contribution < -0.4 is 14.7 Å². The molecule has 6 aromatic rings. The molecule has 0 saturated carbocycles. The van der Waals surface area contributed by atoms with E-state index in [1.165, 1.54) is 20.6 Å². The van der Waals surface area contributed by atoms with Crippen molar-refractivity contribution in [2.45, 2.75) is 72.6 Å². The molecule has 3 aromatic heterocycles. The summed E-state index contributed by atoms with van der Waals surface area (Å²) in [6.45, 7) is 7.72. The molecule has 0 unspecified atom stereocenters. The van der Waals surface area contributed by atoms with E-state index in [4.69, 9.17) is 19.3 Å². The Bertz CT molecular complexity index is 3050. The first kappa shape index (κ1) is 44.0. The Kier molecular flexibility index (Phi) is 11.7. The molecule has 9 rings (SSSR count). The number of aliphatic hydroxyl groups is 1. The number of carbonyl (C=O) groups excluding carboxylic acids is 7. The lowest BCUT2D eigenvalue weighted by Gasteiger charge is -2.19. The SMILES string of the molecule is CCOC(=O)n1c(C(=O)N2CCc3c2ccc2c3cc(C(=O)N3CCc4c3ccc3c4cc(C(C)=O)n3C(=O)OCC)n2C(=O)OCC)cc2c3c(ccc21)N(C(=O)CCCCCO)CC3. The molecular weight excluding hydrogens is 849 g/mol. The standard InChI is InChI=1S/C49H50N6O11/c1-5-64-47(61)53-38-16-13-36-30(32(38)25-41(53)28(4)57)19-22-51(36)46(60)43-27-34-31-20-23-52(37(31)14-17-40(34)55(43)49(63)66-7-3)45(59)42-26-33-29-18-21-50(44(58)11-9-8-10-24-56)35(29)12-15-39(33)54(42)48(62)65-6-2/h12-17,25-27,56H,5-11,18-24H2,1-4H3. The summed E-state index contributed by atoms with van der Waals surface area (Å²) >= 11 is 0. The van der Waals surface area contributed by atoms with Gasteiger partial charge in [0.25, 0.3) is 11.8 Å². The highest BCUT2D eigenvalue weighted by Gasteiger charge is 2.37. The van der Waals surface area contributed by atoms with Crippen LogP contribution in [0.2, 0.25) is 0 Å². The molecule has 66 heavy (non-hydrogen) atoms. The third-order valence-corrected chi connectivity index (χ3v) is 12.8. The molecule has 0 spiro atoms. The van der Waals surface area contributed by atoms with Gasteiger partial charge in [0.1, 0.15) is 11.4 Å². The van der Waals surface area contributed by atoms with E-state index in [1.54, 1.807) is 84.0 Å². The number of rotatable bonds is 11. The molecule has 3 amide bonds. The van der Waals surface area contributed by atoms with Gasteiger partial charge in [-0.3, -0.25) is 19.2 Å². The van der Waals surface area contributed by atoms with E-state index >= 15 is 0 Å². The topological polar surface area (TPSA) is 192 Å². The van der Waals surface area contributed by atoms with Gasteiger partial charge in [-0.2, -0.15) is 0 Å². The van der Waals surface area contributed by atoms with Gasteiger partial charge in [0.2, 0.25) is 5.91 Å². The van der Waals surface area contributed by atoms with Gasteiger partial charge in [0.15, 0.2) is 5.78 Å². The monoisotopic (exact) mass is 898 g/mol. The summed E-state index contributed by atoms with van der Waals surface area (Å²) in [5.41, 5.74) is 5.90. The molecule has 0 radical (unpaired) electrons. The predicted octanol–water partition coefficient (Wildman–Crippen LogP) is 7.61. The third kappa shape index (κ3) is 7.08. The number of nitrogens with zero attached hydrogens (tertiary/aromatic N) is 6. The van der Waals surface area contributed by atoms with Crippen molar-refractivity contribution in [3.8, 4) is 0 Å². The Morgan fingerprint density at radius 3 is 1.29 bits per heavy atom. The van der Waals surface area contributed by atoms with Crippen LogP contribution >= 0.6 is 0 Å². The first-order valence-corrected chi connectivity index (χ1v) is 22.5. The van der Waals surface area contributed by atoms with Gasteiger partial charge in [0.05, 0.1) is 42.1 Å². The number of carbonyl (C=O) groups is 7. The fourth-order valence-electron chi connectivity index (χ4n) is 9.95. The van der Waals surface area contributed by atoms with Crippen molar-refractivity contribution in [2.24, 2.45) is 0 Å². The molecule has 0 aliphatic carbocycles. The number of ketones is 1. The van der Waals surface area contributed by atoms with Gasteiger partial charge in [-0.1, -0.05) is 6.42 Å². The second-order valence-electron chi connectivity index (χ2n) is 16.5. The number of fused-ring (bicyclic) bond motifs is 9. The Labute approximate surface area is 378 Å². The lowest BCUT2D eigenvalue weighted by molar-refractivity contribution is -0.118. The molecule has 3 aliphatic heterocycles. The predicted molar refractivity (Wildman–Crippen MR) is 245 cm³/mol. The molecule has 3 aromatic carbocycles. The first-order chi connectivity index (χ1) is 31.9. The van der Waals surface area contributed by atoms with E-state index in [9.17, 15) is 33.6 Å². The first-order valence-electron chi connectivity index (χ1n) is 22.5. The summed E-state index contributed by atoms with van der Waals surface area (Å²) in [5, 5.41) is 11.0. The quantitative estimate of drug-likeness (QED) is 0.0765. The minimum absolute atomic E-state index is 0.0206. The van der Waals surface area contributed by atoms with Crippen LogP contribution in [0.1, 0.15) is 102 Å². The number of hydrogen-bond acceptors (Lipinski definition) is 11. The van der Waals surface area contributed by atoms with Crippen molar-refractivity contribution in [1.29, 1.82) is 0 Å². The Morgan fingerprint density at radius 2 is 0.894 bits per heavy atom. The van der Waals surface area contributed by atoms with E-state index < -0.39 is 30.1 Å². The lowest BCUT2D eigenvalue weighted by atomic mass is 10.1. The summed E-state index contributed by atoms with van der Waals surface area (Å²) in [6, 6.07) is 15.4. The van der Waals surface area contributed by atoms with Crippen molar-refractivity contribution in [3.05, 3.63) is 88.4 Å². The van der Waals surface area contributed by atoms with E-state index in [1.807, 2.05) is 6.07 Å². The maximum atomic E-state index is 14.8. The zero-order valence-electron chi connectivity index (χ0n) is 37.3. The summed E-state index contributed by atoms with van der Waals surface area (Å²) in [6.07, 6.45) is 1.59. The van der Waals surface area contributed by atoms with Gasteiger partial charge in [-0.25, -0.2) is 28.1 Å². The van der Waals surface area contributed by atoms with Crippen LogP contribution in [0.5, 0.6) is 0 Å². The second-order valence-corrected chi connectivity index (χ2v) is 16.5. The molecule has 6 heterocycles. The number of benzene rings is 3. The van der Waals surface area contributed by atoms with Crippen molar-refractivity contribution in [1.82, 2.24) is 13.7 Å². The highest BCUT2D eigenvalue weighted by atomic mass is 16.6. The number of ether oxygens (including phenoxy) is 3. The van der Waals surface area contributed by atoms with Crippen molar-refractivity contribution < 1.29 is 52.9 Å². The smallest absolute Gasteiger partial charge is 0.419 e. The summed E-state index contributed by atoms with van der Waals surface area (Å²) in [7, 11) is 0. The number of hydrogen-bond donors (Lipinski definition) is 1. The highest BCUT2D eigenvalue weighted by Crippen LogP contribution is 2.42. The molecule has 3 aliphatic rings. The van der Waals surface area contributed by atoms with Gasteiger partial charge in [0, 0.05) is 72.8 Å². The number of aromatic nitrogens is 3. The van der Waals surface area contributed by atoms with Crippen LogP contribution in [0.15, 0.2) is 54.6 Å². The minimum atomic E-state index is -0.748. The zero-order chi connectivity index (χ0) is 46.6.